The minimum absolute atomic E-state index is 0.0217. The second-order valence-corrected chi connectivity index (χ2v) is 4.59. The lowest BCUT2D eigenvalue weighted by Crippen LogP contribution is -2.28. The molecule has 0 saturated heterocycles. The standard InChI is InChI=1S/C12H15NO3S/c1-13(10-5-3-2-4-6-10)11(14)9-17-8-7-12(15)16/h2-6H,7-9H2,1H3,(H,15,16). The Kier molecular flexibility index (Phi) is 5.56. The van der Waals surface area contributed by atoms with Crippen molar-refractivity contribution in [1.82, 2.24) is 0 Å². The number of rotatable bonds is 6. The Morgan fingerprint density at radius 2 is 1.94 bits per heavy atom. The summed E-state index contributed by atoms with van der Waals surface area (Å²) >= 11 is 1.34. The molecule has 0 heterocycles. The van der Waals surface area contributed by atoms with Gasteiger partial charge >= 0.3 is 5.97 Å². The van der Waals surface area contributed by atoms with Gasteiger partial charge in [-0.05, 0) is 12.1 Å². The molecule has 1 aromatic rings. The van der Waals surface area contributed by atoms with Gasteiger partial charge in [-0.1, -0.05) is 18.2 Å². The molecule has 5 heteroatoms. The molecule has 4 nitrogen and oxygen atoms in total. The largest absolute Gasteiger partial charge is 0.481 e. The molecule has 92 valence electrons. The van der Waals surface area contributed by atoms with E-state index in [-0.39, 0.29) is 12.3 Å². The lowest BCUT2D eigenvalue weighted by Gasteiger charge is -2.16. The molecule has 1 amide bonds. The van der Waals surface area contributed by atoms with E-state index in [9.17, 15) is 9.59 Å². The number of carboxylic acid groups (broad SMARTS) is 1. The molecule has 0 radical (unpaired) electrons. The first kappa shape index (κ1) is 13.6. The van der Waals surface area contributed by atoms with E-state index in [0.29, 0.717) is 11.5 Å². The predicted octanol–water partition coefficient (Wildman–Crippen LogP) is 1.86. The Bertz CT molecular complexity index is 381. The van der Waals surface area contributed by atoms with E-state index < -0.39 is 5.97 Å². The molecule has 17 heavy (non-hydrogen) atoms. The van der Waals surface area contributed by atoms with Gasteiger partial charge in [0.25, 0.3) is 0 Å². The third kappa shape index (κ3) is 4.91. The van der Waals surface area contributed by atoms with Crippen LogP contribution in [-0.2, 0) is 9.59 Å². The van der Waals surface area contributed by atoms with Crippen molar-refractivity contribution in [3.05, 3.63) is 30.3 Å². The van der Waals surface area contributed by atoms with E-state index in [4.69, 9.17) is 5.11 Å². The van der Waals surface area contributed by atoms with Crippen molar-refractivity contribution in [2.24, 2.45) is 0 Å². The zero-order valence-corrected chi connectivity index (χ0v) is 10.4. The summed E-state index contributed by atoms with van der Waals surface area (Å²) in [5.74, 6) is -0.0875. The lowest BCUT2D eigenvalue weighted by atomic mass is 10.3. The normalized spacial score (nSPS) is 9.94. The van der Waals surface area contributed by atoms with E-state index in [0.717, 1.165) is 5.69 Å². The van der Waals surface area contributed by atoms with Gasteiger partial charge in [0.2, 0.25) is 5.91 Å². The number of amides is 1. The number of aliphatic carboxylic acids is 1. The van der Waals surface area contributed by atoms with E-state index >= 15 is 0 Å². The maximum absolute atomic E-state index is 11.7. The van der Waals surface area contributed by atoms with Gasteiger partial charge in [-0.2, -0.15) is 11.8 Å². The maximum atomic E-state index is 11.7. The Balaban J connectivity index is 2.35. The summed E-state index contributed by atoms with van der Waals surface area (Å²) in [4.78, 5) is 23.6. The minimum Gasteiger partial charge on any atom is -0.481 e. The molecule has 0 spiro atoms. The number of para-hydroxylation sites is 1. The summed E-state index contributed by atoms with van der Waals surface area (Å²) in [5.41, 5.74) is 0.844. The van der Waals surface area contributed by atoms with Crippen LogP contribution in [0.25, 0.3) is 0 Å². The number of carbonyl (C=O) groups excluding carboxylic acids is 1. The summed E-state index contributed by atoms with van der Waals surface area (Å²) in [6, 6.07) is 9.36. The monoisotopic (exact) mass is 253 g/mol. The number of hydrogen-bond donors (Lipinski definition) is 1. The molecule has 0 aliphatic heterocycles. The van der Waals surface area contributed by atoms with Crippen molar-refractivity contribution >= 4 is 29.3 Å². The number of thioether (sulfide) groups is 1. The van der Waals surface area contributed by atoms with Crippen LogP contribution in [0.5, 0.6) is 0 Å². The van der Waals surface area contributed by atoms with Gasteiger partial charge in [-0.15, -0.1) is 0 Å². The van der Waals surface area contributed by atoms with Gasteiger partial charge < -0.3 is 10.0 Å². The molecule has 0 unspecified atom stereocenters. The van der Waals surface area contributed by atoms with Crippen LogP contribution < -0.4 is 4.90 Å². The molecule has 0 bridgehead atoms. The molecule has 1 aromatic carbocycles. The van der Waals surface area contributed by atoms with Crippen molar-refractivity contribution in [1.29, 1.82) is 0 Å². The quantitative estimate of drug-likeness (QED) is 0.786. The molecule has 0 aliphatic rings. The molecule has 0 aromatic heterocycles. The first-order chi connectivity index (χ1) is 8.11. The van der Waals surface area contributed by atoms with Gasteiger partial charge in [0.15, 0.2) is 0 Å². The number of anilines is 1. The van der Waals surface area contributed by atoms with Crippen LogP contribution in [0.1, 0.15) is 6.42 Å². The molecule has 0 aliphatic carbocycles. The van der Waals surface area contributed by atoms with Crippen LogP contribution in [-0.4, -0.2) is 35.5 Å². The second kappa shape index (κ2) is 6.96. The number of benzene rings is 1. The van der Waals surface area contributed by atoms with Crippen molar-refractivity contribution in [3.8, 4) is 0 Å². The SMILES string of the molecule is CN(C(=O)CSCCC(=O)O)c1ccccc1. The number of carboxylic acids is 1. The average Bonchev–Trinajstić information content (AvgIpc) is 2.34. The van der Waals surface area contributed by atoms with Gasteiger partial charge in [-0.3, -0.25) is 9.59 Å². The van der Waals surface area contributed by atoms with Crippen LogP contribution in [0.2, 0.25) is 0 Å². The van der Waals surface area contributed by atoms with Crippen molar-refractivity contribution in [2.75, 3.05) is 23.5 Å². The third-order valence-electron chi connectivity index (χ3n) is 2.20. The fraction of sp³-hybridized carbons (Fsp3) is 0.333. The summed E-state index contributed by atoms with van der Waals surface area (Å²) in [6.07, 6.45) is 0.0903. The zero-order valence-electron chi connectivity index (χ0n) is 9.63. The van der Waals surface area contributed by atoms with E-state index in [2.05, 4.69) is 0 Å². The Morgan fingerprint density at radius 3 is 2.53 bits per heavy atom. The van der Waals surface area contributed by atoms with Crippen molar-refractivity contribution < 1.29 is 14.7 Å². The highest BCUT2D eigenvalue weighted by Gasteiger charge is 2.10. The van der Waals surface area contributed by atoms with Crippen molar-refractivity contribution in [2.45, 2.75) is 6.42 Å². The molecule has 1 rings (SSSR count). The van der Waals surface area contributed by atoms with Gasteiger partial charge in [0.05, 0.1) is 12.2 Å². The Morgan fingerprint density at radius 1 is 1.29 bits per heavy atom. The van der Waals surface area contributed by atoms with E-state index in [1.54, 1.807) is 11.9 Å². The first-order valence-corrected chi connectivity index (χ1v) is 6.38. The summed E-state index contributed by atoms with van der Waals surface area (Å²) in [6.45, 7) is 0. The van der Waals surface area contributed by atoms with Crippen molar-refractivity contribution in [3.63, 3.8) is 0 Å². The molecule has 1 N–H and O–H groups in total. The fourth-order valence-electron chi connectivity index (χ4n) is 1.21. The lowest BCUT2D eigenvalue weighted by molar-refractivity contribution is -0.136. The fourth-order valence-corrected chi connectivity index (χ4v) is 2.04. The molecule has 0 fully saturated rings. The van der Waals surface area contributed by atoms with Crippen LogP contribution in [0.3, 0.4) is 0 Å². The number of hydrogen-bond acceptors (Lipinski definition) is 3. The smallest absolute Gasteiger partial charge is 0.304 e. The minimum atomic E-state index is -0.832. The predicted molar refractivity (Wildman–Crippen MR) is 69.4 cm³/mol. The van der Waals surface area contributed by atoms with E-state index in [1.807, 2.05) is 30.3 Å². The molecular weight excluding hydrogens is 238 g/mol. The van der Waals surface area contributed by atoms with E-state index in [1.165, 1.54) is 11.8 Å². The average molecular weight is 253 g/mol. The molecule has 0 saturated carbocycles. The van der Waals surface area contributed by atoms with Gasteiger partial charge in [-0.25, -0.2) is 0 Å². The van der Waals surface area contributed by atoms with Crippen LogP contribution >= 0.6 is 11.8 Å². The third-order valence-corrected chi connectivity index (χ3v) is 3.15. The summed E-state index contributed by atoms with van der Waals surface area (Å²) < 4.78 is 0. The molecule has 0 atom stereocenters. The van der Waals surface area contributed by atoms with Crippen LogP contribution in [0.4, 0.5) is 5.69 Å². The first-order valence-electron chi connectivity index (χ1n) is 5.22. The summed E-state index contributed by atoms with van der Waals surface area (Å²) in [5, 5.41) is 8.46. The molecular formula is C12H15NO3S. The van der Waals surface area contributed by atoms with Crippen LogP contribution in [0, 0.1) is 0 Å². The highest BCUT2D eigenvalue weighted by atomic mass is 32.2. The number of carbonyl (C=O) groups is 2. The zero-order chi connectivity index (χ0) is 12.7. The highest BCUT2D eigenvalue weighted by molar-refractivity contribution is 7.99. The van der Waals surface area contributed by atoms with Crippen LogP contribution in [0.15, 0.2) is 30.3 Å². The highest BCUT2D eigenvalue weighted by Crippen LogP contribution is 2.13. The Hall–Kier alpha value is -1.49. The van der Waals surface area contributed by atoms with Gasteiger partial charge in [0, 0.05) is 18.5 Å². The van der Waals surface area contributed by atoms with Gasteiger partial charge in [0.1, 0.15) is 0 Å². The Labute approximate surface area is 105 Å². The maximum Gasteiger partial charge on any atom is 0.304 e. The number of nitrogens with zero attached hydrogens (tertiary/aromatic N) is 1. The second-order valence-electron chi connectivity index (χ2n) is 3.48. The topological polar surface area (TPSA) is 57.6 Å². The summed E-state index contributed by atoms with van der Waals surface area (Å²) in [7, 11) is 1.72.